The molecule has 5 rings (SSSR count). The molecule has 0 aliphatic carbocycles. The number of carbonyl (C=O) groups excluding carboxylic acids is 1. The van der Waals surface area contributed by atoms with Gasteiger partial charge in [0.25, 0.3) is 0 Å². The smallest absolute Gasteiger partial charge is 0.234 e. The molecule has 0 fully saturated rings. The third-order valence-corrected chi connectivity index (χ3v) is 6.48. The second-order valence-electron chi connectivity index (χ2n) is 8.14. The van der Waals surface area contributed by atoms with Crippen LogP contribution in [-0.4, -0.2) is 48.1 Å². The Morgan fingerprint density at radius 2 is 1.86 bits per heavy atom. The first-order valence-corrected chi connectivity index (χ1v) is 12.2. The molecule has 1 N–H and O–H groups in total. The van der Waals surface area contributed by atoms with E-state index >= 15 is 0 Å². The Labute approximate surface area is 206 Å². The SMILES string of the molecule is COc1ccc(NC(=O)CSc2nc3ccccc3c3nc(CCn4nc(C)cc4C)nn23)cc1. The molecule has 178 valence electrons. The quantitative estimate of drug-likeness (QED) is 0.260. The van der Waals surface area contributed by atoms with E-state index in [0.29, 0.717) is 29.6 Å². The molecule has 2 aromatic carbocycles. The minimum atomic E-state index is -0.131. The van der Waals surface area contributed by atoms with Crippen molar-refractivity contribution in [1.82, 2.24) is 29.4 Å². The maximum Gasteiger partial charge on any atom is 0.234 e. The van der Waals surface area contributed by atoms with Gasteiger partial charge in [-0.25, -0.2) is 9.97 Å². The van der Waals surface area contributed by atoms with Gasteiger partial charge in [-0.2, -0.15) is 9.61 Å². The average molecular weight is 488 g/mol. The van der Waals surface area contributed by atoms with Crippen molar-refractivity contribution in [2.75, 3.05) is 18.2 Å². The number of carbonyl (C=O) groups is 1. The summed E-state index contributed by atoms with van der Waals surface area (Å²) in [5.41, 5.74) is 4.36. The maximum absolute atomic E-state index is 12.6. The van der Waals surface area contributed by atoms with Crippen LogP contribution in [0.4, 0.5) is 5.69 Å². The number of benzene rings is 2. The fourth-order valence-corrected chi connectivity index (χ4v) is 4.63. The summed E-state index contributed by atoms with van der Waals surface area (Å²) in [4.78, 5) is 22.2. The zero-order valence-corrected chi connectivity index (χ0v) is 20.5. The predicted octanol–water partition coefficient (Wildman–Crippen LogP) is 4.07. The van der Waals surface area contributed by atoms with Crippen LogP contribution in [0.1, 0.15) is 17.2 Å². The number of ether oxygens (including phenoxy) is 1. The van der Waals surface area contributed by atoms with Crippen molar-refractivity contribution >= 4 is 39.9 Å². The van der Waals surface area contributed by atoms with Crippen molar-refractivity contribution in [2.24, 2.45) is 0 Å². The molecule has 0 atom stereocenters. The number of aryl methyl sites for hydroxylation is 4. The number of anilines is 1. The molecule has 35 heavy (non-hydrogen) atoms. The van der Waals surface area contributed by atoms with Gasteiger partial charge < -0.3 is 10.1 Å². The molecule has 9 nitrogen and oxygen atoms in total. The van der Waals surface area contributed by atoms with Crippen LogP contribution in [0, 0.1) is 13.8 Å². The zero-order valence-electron chi connectivity index (χ0n) is 19.7. The van der Waals surface area contributed by atoms with Crippen molar-refractivity contribution < 1.29 is 9.53 Å². The first-order chi connectivity index (χ1) is 17.0. The Kier molecular flexibility index (Phi) is 6.37. The normalized spacial score (nSPS) is 11.3. The topological polar surface area (TPSA) is 99.2 Å². The van der Waals surface area contributed by atoms with Crippen molar-refractivity contribution in [3.05, 3.63) is 71.8 Å². The third-order valence-electron chi connectivity index (χ3n) is 5.55. The van der Waals surface area contributed by atoms with Crippen LogP contribution in [0.5, 0.6) is 5.75 Å². The molecule has 0 saturated carbocycles. The first-order valence-electron chi connectivity index (χ1n) is 11.2. The number of hydrogen-bond acceptors (Lipinski definition) is 7. The van der Waals surface area contributed by atoms with E-state index in [0.717, 1.165) is 33.7 Å². The van der Waals surface area contributed by atoms with Crippen LogP contribution in [0.2, 0.25) is 0 Å². The summed E-state index contributed by atoms with van der Waals surface area (Å²) in [5, 5.41) is 13.7. The van der Waals surface area contributed by atoms with Gasteiger partial charge in [-0.15, -0.1) is 5.10 Å². The van der Waals surface area contributed by atoms with Gasteiger partial charge in [0.15, 0.2) is 16.6 Å². The van der Waals surface area contributed by atoms with Gasteiger partial charge in [0.05, 0.1) is 24.1 Å². The van der Waals surface area contributed by atoms with Crippen molar-refractivity contribution in [3.8, 4) is 5.75 Å². The van der Waals surface area contributed by atoms with Gasteiger partial charge in [-0.05, 0) is 56.3 Å². The van der Waals surface area contributed by atoms with Gasteiger partial charge in [-0.1, -0.05) is 23.9 Å². The lowest BCUT2D eigenvalue weighted by molar-refractivity contribution is -0.113. The number of fused-ring (bicyclic) bond motifs is 3. The lowest BCUT2D eigenvalue weighted by Gasteiger charge is -2.08. The second kappa shape index (κ2) is 9.75. The van der Waals surface area contributed by atoms with Gasteiger partial charge >= 0.3 is 0 Å². The number of hydrogen-bond donors (Lipinski definition) is 1. The number of methoxy groups -OCH3 is 1. The van der Waals surface area contributed by atoms with E-state index < -0.39 is 0 Å². The fourth-order valence-electron chi connectivity index (χ4n) is 3.88. The number of thioether (sulfide) groups is 1. The monoisotopic (exact) mass is 487 g/mol. The van der Waals surface area contributed by atoms with Crippen molar-refractivity contribution in [2.45, 2.75) is 32.0 Å². The van der Waals surface area contributed by atoms with E-state index in [4.69, 9.17) is 19.8 Å². The number of para-hydroxylation sites is 1. The molecule has 0 aliphatic rings. The van der Waals surface area contributed by atoms with Crippen LogP contribution in [0.25, 0.3) is 16.6 Å². The van der Waals surface area contributed by atoms with Crippen LogP contribution in [0.15, 0.2) is 59.8 Å². The first kappa shape index (κ1) is 22.9. The summed E-state index contributed by atoms with van der Waals surface area (Å²) in [7, 11) is 1.61. The number of rotatable bonds is 8. The van der Waals surface area contributed by atoms with E-state index in [1.165, 1.54) is 11.8 Å². The maximum atomic E-state index is 12.6. The minimum absolute atomic E-state index is 0.131. The summed E-state index contributed by atoms with van der Waals surface area (Å²) in [6.45, 7) is 4.72. The molecule has 3 aromatic heterocycles. The zero-order chi connectivity index (χ0) is 24.4. The summed E-state index contributed by atoms with van der Waals surface area (Å²) in [6.07, 6.45) is 0.639. The van der Waals surface area contributed by atoms with E-state index in [9.17, 15) is 4.79 Å². The molecular weight excluding hydrogens is 462 g/mol. The lowest BCUT2D eigenvalue weighted by Crippen LogP contribution is -2.14. The molecule has 1 amide bonds. The summed E-state index contributed by atoms with van der Waals surface area (Å²) in [5.74, 6) is 1.50. The highest BCUT2D eigenvalue weighted by Gasteiger charge is 2.15. The highest BCUT2D eigenvalue weighted by atomic mass is 32.2. The van der Waals surface area contributed by atoms with Gasteiger partial charge in [0.2, 0.25) is 5.91 Å². The Balaban J connectivity index is 1.37. The Morgan fingerprint density at radius 1 is 1.06 bits per heavy atom. The Hall–Kier alpha value is -3.92. The van der Waals surface area contributed by atoms with E-state index in [-0.39, 0.29) is 11.7 Å². The number of amides is 1. The molecule has 0 aliphatic heterocycles. The Bertz CT molecular complexity index is 1510. The molecule has 3 heterocycles. The number of nitrogens with zero attached hydrogens (tertiary/aromatic N) is 6. The number of aromatic nitrogens is 6. The van der Waals surface area contributed by atoms with Crippen LogP contribution in [0.3, 0.4) is 0 Å². The molecule has 0 spiro atoms. The van der Waals surface area contributed by atoms with Crippen molar-refractivity contribution in [3.63, 3.8) is 0 Å². The van der Waals surface area contributed by atoms with E-state index in [1.54, 1.807) is 35.9 Å². The lowest BCUT2D eigenvalue weighted by atomic mass is 10.2. The van der Waals surface area contributed by atoms with E-state index in [2.05, 4.69) is 16.5 Å². The van der Waals surface area contributed by atoms with Gasteiger partial charge in [0, 0.05) is 29.7 Å². The third kappa shape index (κ3) is 4.97. The summed E-state index contributed by atoms with van der Waals surface area (Å²) in [6, 6.07) is 17.1. The van der Waals surface area contributed by atoms with Gasteiger partial charge in [0.1, 0.15) is 5.75 Å². The fraction of sp³-hybridized carbons (Fsp3) is 0.240. The molecular formula is C25H25N7O2S. The largest absolute Gasteiger partial charge is 0.497 e. The summed E-state index contributed by atoms with van der Waals surface area (Å²) < 4.78 is 8.87. The second-order valence-corrected chi connectivity index (χ2v) is 9.08. The standard InChI is InChI=1S/C25H25N7O2S/c1-16-14-17(2)31(29-16)13-12-22-28-24-20-6-4-5-7-21(20)27-25(32(24)30-22)35-15-23(33)26-18-8-10-19(34-3)11-9-18/h4-11,14H,12-13,15H2,1-3H3,(H,26,33). The highest BCUT2D eigenvalue weighted by Crippen LogP contribution is 2.24. The average Bonchev–Trinajstić information content (AvgIpc) is 3.44. The molecule has 0 bridgehead atoms. The Morgan fingerprint density at radius 3 is 2.60 bits per heavy atom. The predicted molar refractivity (Wildman–Crippen MR) is 136 cm³/mol. The van der Waals surface area contributed by atoms with Gasteiger partial charge in [-0.3, -0.25) is 9.48 Å². The molecule has 0 unspecified atom stereocenters. The van der Waals surface area contributed by atoms with Crippen LogP contribution < -0.4 is 10.1 Å². The molecule has 0 radical (unpaired) electrons. The van der Waals surface area contributed by atoms with Crippen molar-refractivity contribution in [1.29, 1.82) is 0 Å². The minimum Gasteiger partial charge on any atom is -0.497 e. The molecule has 5 aromatic rings. The molecule has 10 heteroatoms. The number of nitrogens with one attached hydrogen (secondary N) is 1. The summed E-state index contributed by atoms with van der Waals surface area (Å²) >= 11 is 1.33. The van der Waals surface area contributed by atoms with Crippen LogP contribution >= 0.6 is 11.8 Å². The van der Waals surface area contributed by atoms with E-state index in [1.807, 2.05) is 42.8 Å². The highest BCUT2D eigenvalue weighted by molar-refractivity contribution is 7.99. The molecule has 0 saturated heterocycles. The van der Waals surface area contributed by atoms with Crippen LogP contribution in [-0.2, 0) is 17.8 Å².